The Balaban J connectivity index is 1.50. The van der Waals surface area contributed by atoms with Gasteiger partial charge in [0.1, 0.15) is 0 Å². The molecule has 1 aliphatic rings. The average molecular weight is 410 g/mol. The molecule has 0 atom stereocenters. The van der Waals surface area contributed by atoms with Crippen LogP contribution in [-0.4, -0.2) is 42.2 Å². The lowest BCUT2D eigenvalue weighted by atomic mass is 10.1. The van der Waals surface area contributed by atoms with E-state index >= 15 is 0 Å². The number of fused-ring (bicyclic) bond motifs is 1. The average Bonchev–Trinajstić information content (AvgIpc) is 2.84. The number of amides is 1. The van der Waals surface area contributed by atoms with Gasteiger partial charge in [0, 0.05) is 47.8 Å². The summed E-state index contributed by atoms with van der Waals surface area (Å²) in [6.07, 6.45) is 3.30. The van der Waals surface area contributed by atoms with Crippen LogP contribution in [0.25, 0.3) is 22.2 Å². The molecule has 6 nitrogen and oxygen atoms in total. The number of nitrogens with zero attached hydrogens (tertiary/aromatic N) is 3. The Kier molecular flexibility index (Phi) is 5.29. The van der Waals surface area contributed by atoms with Crippen LogP contribution in [0, 0.1) is 0 Å². The van der Waals surface area contributed by atoms with Crippen molar-refractivity contribution in [2.24, 2.45) is 0 Å². The standard InChI is InChI=1S/C25H22N4O2/c30-25(27-20-9-11-26-12-10-20)22-6-2-3-18-7-8-23(28-24(18)22)19-4-1-5-21(17-19)29-13-15-31-16-14-29/h1-12,17H,13-16H2,(H,26,27,30). The summed E-state index contributed by atoms with van der Waals surface area (Å²) >= 11 is 0. The van der Waals surface area contributed by atoms with Crippen molar-refractivity contribution in [1.82, 2.24) is 9.97 Å². The van der Waals surface area contributed by atoms with E-state index in [2.05, 4.69) is 33.4 Å². The van der Waals surface area contributed by atoms with Gasteiger partial charge in [0.25, 0.3) is 5.91 Å². The number of carbonyl (C=O) groups is 1. The molecule has 31 heavy (non-hydrogen) atoms. The van der Waals surface area contributed by atoms with E-state index in [9.17, 15) is 4.79 Å². The summed E-state index contributed by atoms with van der Waals surface area (Å²) in [4.78, 5) is 24.1. The summed E-state index contributed by atoms with van der Waals surface area (Å²) < 4.78 is 5.47. The molecule has 1 fully saturated rings. The number of morpholine rings is 1. The Hall–Kier alpha value is -3.77. The van der Waals surface area contributed by atoms with E-state index in [0.29, 0.717) is 16.8 Å². The lowest BCUT2D eigenvalue weighted by molar-refractivity contribution is 0.102. The molecule has 3 heterocycles. The molecule has 0 unspecified atom stereocenters. The maximum absolute atomic E-state index is 12.9. The van der Waals surface area contributed by atoms with Gasteiger partial charge < -0.3 is 15.0 Å². The highest BCUT2D eigenvalue weighted by Crippen LogP contribution is 2.27. The molecule has 154 valence electrons. The normalized spacial score (nSPS) is 13.9. The fourth-order valence-electron chi connectivity index (χ4n) is 3.81. The number of hydrogen-bond donors (Lipinski definition) is 1. The summed E-state index contributed by atoms with van der Waals surface area (Å²) in [5, 5.41) is 3.85. The molecule has 1 aliphatic heterocycles. The van der Waals surface area contributed by atoms with E-state index in [0.717, 1.165) is 48.6 Å². The van der Waals surface area contributed by atoms with Gasteiger partial charge in [-0.15, -0.1) is 0 Å². The molecule has 2 aromatic heterocycles. The second kappa shape index (κ2) is 8.53. The third kappa shape index (κ3) is 4.11. The van der Waals surface area contributed by atoms with E-state index in [1.54, 1.807) is 30.6 Å². The minimum Gasteiger partial charge on any atom is -0.378 e. The molecular weight excluding hydrogens is 388 g/mol. The van der Waals surface area contributed by atoms with Crippen LogP contribution in [0.3, 0.4) is 0 Å². The van der Waals surface area contributed by atoms with E-state index in [4.69, 9.17) is 9.72 Å². The minimum atomic E-state index is -0.191. The molecule has 0 radical (unpaired) electrons. The number of pyridine rings is 2. The highest BCUT2D eigenvalue weighted by Gasteiger charge is 2.15. The largest absolute Gasteiger partial charge is 0.378 e. The van der Waals surface area contributed by atoms with Crippen molar-refractivity contribution in [2.75, 3.05) is 36.5 Å². The van der Waals surface area contributed by atoms with Gasteiger partial charge in [0.05, 0.1) is 30.0 Å². The summed E-state index contributed by atoms with van der Waals surface area (Å²) in [7, 11) is 0. The summed E-state index contributed by atoms with van der Waals surface area (Å²) in [6, 6.07) is 21.6. The Morgan fingerprint density at radius 3 is 2.58 bits per heavy atom. The quantitative estimate of drug-likeness (QED) is 0.541. The Labute approximate surface area is 180 Å². The van der Waals surface area contributed by atoms with Gasteiger partial charge in [-0.3, -0.25) is 9.78 Å². The van der Waals surface area contributed by atoms with Gasteiger partial charge in [-0.25, -0.2) is 4.98 Å². The molecule has 1 saturated heterocycles. The number of para-hydroxylation sites is 1. The third-order valence-electron chi connectivity index (χ3n) is 5.42. The molecule has 6 heteroatoms. The molecule has 1 amide bonds. The highest BCUT2D eigenvalue weighted by atomic mass is 16.5. The van der Waals surface area contributed by atoms with Gasteiger partial charge >= 0.3 is 0 Å². The van der Waals surface area contributed by atoms with Crippen molar-refractivity contribution in [1.29, 1.82) is 0 Å². The molecular formula is C25H22N4O2. The van der Waals surface area contributed by atoms with E-state index in [1.165, 1.54) is 0 Å². The summed E-state index contributed by atoms with van der Waals surface area (Å²) in [5.41, 5.74) is 4.95. The van der Waals surface area contributed by atoms with Crippen molar-refractivity contribution in [3.63, 3.8) is 0 Å². The van der Waals surface area contributed by atoms with Crippen LogP contribution < -0.4 is 10.2 Å². The molecule has 0 bridgehead atoms. The second-order valence-corrected chi connectivity index (χ2v) is 7.41. The van der Waals surface area contributed by atoms with Crippen molar-refractivity contribution in [3.05, 3.63) is 84.7 Å². The van der Waals surface area contributed by atoms with E-state index in [1.807, 2.05) is 30.3 Å². The monoisotopic (exact) mass is 410 g/mol. The van der Waals surface area contributed by atoms with Crippen molar-refractivity contribution < 1.29 is 9.53 Å². The molecule has 0 aliphatic carbocycles. The van der Waals surface area contributed by atoms with Crippen molar-refractivity contribution >= 4 is 28.2 Å². The summed E-state index contributed by atoms with van der Waals surface area (Å²) in [6.45, 7) is 3.25. The molecule has 0 spiro atoms. The Bertz CT molecular complexity index is 1220. The molecule has 0 saturated carbocycles. The zero-order chi connectivity index (χ0) is 21.0. The first kappa shape index (κ1) is 19.2. The van der Waals surface area contributed by atoms with Crippen LogP contribution in [0.1, 0.15) is 10.4 Å². The van der Waals surface area contributed by atoms with Crippen LogP contribution in [0.2, 0.25) is 0 Å². The number of rotatable bonds is 4. The highest BCUT2D eigenvalue weighted by molar-refractivity contribution is 6.12. The van der Waals surface area contributed by atoms with Gasteiger partial charge in [-0.2, -0.15) is 0 Å². The van der Waals surface area contributed by atoms with Gasteiger partial charge in [-0.05, 0) is 36.4 Å². The maximum Gasteiger partial charge on any atom is 0.257 e. The molecule has 2 aromatic carbocycles. The van der Waals surface area contributed by atoms with Gasteiger partial charge in [0.2, 0.25) is 0 Å². The van der Waals surface area contributed by atoms with E-state index in [-0.39, 0.29) is 5.91 Å². The fraction of sp³-hybridized carbons (Fsp3) is 0.160. The zero-order valence-corrected chi connectivity index (χ0v) is 17.0. The molecule has 5 rings (SSSR count). The lowest BCUT2D eigenvalue weighted by Crippen LogP contribution is -2.36. The van der Waals surface area contributed by atoms with Crippen molar-refractivity contribution in [2.45, 2.75) is 0 Å². The number of hydrogen-bond acceptors (Lipinski definition) is 5. The van der Waals surface area contributed by atoms with Gasteiger partial charge in [-0.1, -0.05) is 30.3 Å². The lowest BCUT2D eigenvalue weighted by Gasteiger charge is -2.29. The SMILES string of the molecule is O=C(Nc1ccncc1)c1cccc2ccc(-c3cccc(N4CCOCC4)c3)nc12. The number of anilines is 2. The first-order chi connectivity index (χ1) is 15.3. The third-order valence-corrected chi connectivity index (χ3v) is 5.42. The minimum absolute atomic E-state index is 0.191. The number of carbonyl (C=O) groups excluding carboxylic acids is 1. The number of nitrogens with one attached hydrogen (secondary N) is 1. The first-order valence-electron chi connectivity index (χ1n) is 10.3. The zero-order valence-electron chi connectivity index (χ0n) is 17.0. The fourth-order valence-corrected chi connectivity index (χ4v) is 3.81. The van der Waals surface area contributed by atoms with E-state index < -0.39 is 0 Å². The maximum atomic E-state index is 12.9. The molecule has 4 aromatic rings. The van der Waals surface area contributed by atoms with Crippen LogP contribution in [0.5, 0.6) is 0 Å². The number of ether oxygens (including phenoxy) is 1. The number of aromatic nitrogens is 2. The Morgan fingerprint density at radius 2 is 1.74 bits per heavy atom. The second-order valence-electron chi connectivity index (χ2n) is 7.41. The van der Waals surface area contributed by atoms with Crippen LogP contribution in [0.4, 0.5) is 11.4 Å². The molecule has 1 N–H and O–H groups in total. The first-order valence-corrected chi connectivity index (χ1v) is 10.3. The van der Waals surface area contributed by atoms with Gasteiger partial charge in [0.15, 0.2) is 0 Å². The van der Waals surface area contributed by atoms with Crippen molar-refractivity contribution in [3.8, 4) is 11.3 Å². The predicted octanol–water partition coefficient (Wildman–Crippen LogP) is 4.39. The van der Waals surface area contributed by atoms with Crippen LogP contribution >= 0.6 is 0 Å². The van der Waals surface area contributed by atoms with Crippen LogP contribution in [0.15, 0.2) is 79.1 Å². The predicted molar refractivity (Wildman–Crippen MR) is 122 cm³/mol. The topological polar surface area (TPSA) is 67.4 Å². The smallest absolute Gasteiger partial charge is 0.257 e. The van der Waals surface area contributed by atoms with Crippen LogP contribution in [-0.2, 0) is 4.74 Å². The number of benzene rings is 2. The Morgan fingerprint density at radius 1 is 0.935 bits per heavy atom. The summed E-state index contributed by atoms with van der Waals surface area (Å²) in [5.74, 6) is -0.191.